The predicted molar refractivity (Wildman–Crippen MR) is 133 cm³/mol. The van der Waals surface area contributed by atoms with Gasteiger partial charge in [0.1, 0.15) is 0 Å². The fraction of sp³-hybridized carbons (Fsp3) is 0.259. The van der Waals surface area contributed by atoms with Gasteiger partial charge in [-0.1, -0.05) is 30.3 Å². The average molecular weight is 475 g/mol. The van der Waals surface area contributed by atoms with Gasteiger partial charge >= 0.3 is 0 Å². The maximum absolute atomic E-state index is 13.9. The van der Waals surface area contributed by atoms with Gasteiger partial charge in [0.05, 0.1) is 25.9 Å². The summed E-state index contributed by atoms with van der Waals surface area (Å²) in [6, 6.07) is 19.4. The first-order valence-corrected chi connectivity index (χ1v) is 12.2. The molecule has 1 N–H and O–H groups in total. The minimum absolute atomic E-state index is 0.0223. The van der Waals surface area contributed by atoms with Crippen molar-refractivity contribution in [2.24, 2.45) is 0 Å². The Hall–Kier alpha value is -3.45. The van der Waals surface area contributed by atoms with Crippen LogP contribution in [0.3, 0.4) is 0 Å². The quantitative estimate of drug-likeness (QED) is 0.581. The highest BCUT2D eigenvalue weighted by Gasteiger charge is 2.34. The number of hydrogen-bond acceptors (Lipinski definition) is 5. The molecule has 0 aliphatic carbocycles. The zero-order valence-corrected chi connectivity index (χ0v) is 20.0. The summed E-state index contributed by atoms with van der Waals surface area (Å²) in [7, 11) is 3.25. The molecule has 5 rings (SSSR count). The van der Waals surface area contributed by atoms with E-state index < -0.39 is 0 Å². The fourth-order valence-corrected chi connectivity index (χ4v) is 5.62. The van der Waals surface area contributed by atoms with Crippen LogP contribution in [0.1, 0.15) is 39.5 Å². The number of thioether (sulfide) groups is 1. The molecule has 1 atom stereocenters. The second-order valence-corrected chi connectivity index (χ2v) is 9.46. The highest BCUT2D eigenvalue weighted by molar-refractivity contribution is 7.99. The van der Waals surface area contributed by atoms with Crippen LogP contribution in [-0.2, 0) is 11.2 Å². The summed E-state index contributed by atoms with van der Waals surface area (Å²) in [4.78, 5) is 28.9. The molecule has 2 amide bonds. The number of hydrogen-bond donors (Lipinski definition) is 1. The van der Waals surface area contributed by atoms with E-state index in [2.05, 4.69) is 5.32 Å². The molecule has 7 heteroatoms. The Morgan fingerprint density at radius 1 is 1.00 bits per heavy atom. The van der Waals surface area contributed by atoms with Crippen LogP contribution < -0.4 is 14.8 Å². The van der Waals surface area contributed by atoms with Crippen LogP contribution in [0.2, 0.25) is 0 Å². The van der Waals surface area contributed by atoms with E-state index in [9.17, 15) is 9.59 Å². The number of nitrogens with zero attached hydrogens (tertiary/aromatic N) is 1. The van der Waals surface area contributed by atoms with Gasteiger partial charge < -0.3 is 19.7 Å². The molecule has 174 valence electrons. The zero-order valence-electron chi connectivity index (χ0n) is 19.2. The summed E-state index contributed by atoms with van der Waals surface area (Å²) in [5.41, 5.74) is 4.47. The zero-order chi connectivity index (χ0) is 23.7. The molecule has 0 aromatic heterocycles. The standard InChI is InChI=1S/C27H26N2O4S/c1-32-22-15-18-10-12-29(26(17-6-4-3-5-7-17)20(18)16-23(22)33-2)27(31)19-8-9-24-21(14-19)28-25(30)11-13-34-24/h3-9,14-16,26H,10-13H2,1-2H3,(H,28,30). The molecule has 6 nitrogen and oxygen atoms in total. The predicted octanol–water partition coefficient (Wildman–Crippen LogP) is 4.93. The lowest BCUT2D eigenvalue weighted by Crippen LogP contribution is -2.40. The Balaban J connectivity index is 1.57. The first kappa shape index (κ1) is 22.3. The lowest BCUT2D eigenvalue weighted by Gasteiger charge is -2.38. The van der Waals surface area contributed by atoms with E-state index in [4.69, 9.17) is 9.47 Å². The van der Waals surface area contributed by atoms with Crippen LogP contribution in [0.4, 0.5) is 5.69 Å². The lowest BCUT2D eigenvalue weighted by molar-refractivity contribution is -0.115. The highest BCUT2D eigenvalue weighted by Crippen LogP contribution is 2.42. The Bertz CT molecular complexity index is 1240. The maximum atomic E-state index is 13.9. The number of carbonyl (C=O) groups is 2. The number of ether oxygens (including phenoxy) is 2. The molecular weight excluding hydrogens is 448 g/mol. The van der Waals surface area contributed by atoms with Crippen molar-refractivity contribution >= 4 is 29.3 Å². The molecule has 2 heterocycles. The Labute approximate surface area is 203 Å². The largest absolute Gasteiger partial charge is 0.493 e. The highest BCUT2D eigenvalue weighted by atomic mass is 32.2. The monoisotopic (exact) mass is 474 g/mol. The van der Waals surface area contributed by atoms with Gasteiger partial charge in [-0.05, 0) is 53.4 Å². The minimum Gasteiger partial charge on any atom is -0.493 e. The lowest BCUT2D eigenvalue weighted by atomic mass is 9.87. The van der Waals surface area contributed by atoms with Crippen LogP contribution >= 0.6 is 11.8 Å². The van der Waals surface area contributed by atoms with Gasteiger partial charge in [0.25, 0.3) is 5.91 Å². The third kappa shape index (κ3) is 4.12. The van der Waals surface area contributed by atoms with Crippen molar-refractivity contribution in [3.05, 3.63) is 82.9 Å². The molecule has 0 fully saturated rings. The number of methoxy groups -OCH3 is 2. The van der Waals surface area contributed by atoms with Crippen LogP contribution in [0.5, 0.6) is 11.5 Å². The van der Waals surface area contributed by atoms with Crippen molar-refractivity contribution < 1.29 is 19.1 Å². The van der Waals surface area contributed by atoms with Gasteiger partial charge in [-0.15, -0.1) is 11.8 Å². The summed E-state index contributed by atoms with van der Waals surface area (Å²) in [6.07, 6.45) is 1.18. The second kappa shape index (κ2) is 9.43. The van der Waals surface area contributed by atoms with E-state index in [-0.39, 0.29) is 17.9 Å². The summed E-state index contributed by atoms with van der Waals surface area (Å²) in [6.45, 7) is 0.569. The smallest absolute Gasteiger partial charge is 0.254 e. The van der Waals surface area contributed by atoms with Crippen molar-refractivity contribution in [1.29, 1.82) is 0 Å². The van der Waals surface area contributed by atoms with Gasteiger partial charge in [-0.2, -0.15) is 0 Å². The van der Waals surface area contributed by atoms with E-state index >= 15 is 0 Å². The summed E-state index contributed by atoms with van der Waals surface area (Å²) < 4.78 is 11.1. The third-order valence-corrected chi connectivity index (χ3v) is 7.41. The summed E-state index contributed by atoms with van der Waals surface area (Å²) in [5, 5.41) is 2.95. The van der Waals surface area contributed by atoms with Gasteiger partial charge in [-0.3, -0.25) is 9.59 Å². The van der Waals surface area contributed by atoms with E-state index in [0.29, 0.717) is 42.1 Å². The van der Waals surface area contributed by atoms with Crippen LogP contribution in [-0.4, -0.2) is 43.2 Å². The number of fused-ring (bicyclic) bond motifs is 2. The Morgan fingerprint density at radius 3 is 2.53 bits per heavy atom. The summed E-state index contributed by atoms with van der Waals surface area (Å²) >= 11 is 1.63. The molecule has 0 saturated carbocycles. The molecule has 0 bridgehead atoms. The molecule has 1 unspecified atom stereocenters. The molecule has 3 aromatic rings. The maximum Gasteiger partial charge on any atom is 0.254 e. The van der Waals surface area contributed by atoms with Crippen LogP contribution in [0, 0.1) is 0 Å². The topological polar surface area (TPSA) is 67.9 Å². The van der Waals surface area contributed by atoms with Crippen molar-refractivity contribution in [2.75, 3.05) is 31.8 Å². The fourth-order valence-electron chi connectivity index (χ4n) is 4.68. The first-order valence-electron chi connectivity index (χ1n) is 11.3. The molecular formula is C27H26N2O4S. The Kier molecular flexibility index (Phi) is 6.20. The number of amides is 2. The molecule has 2 aliphatic heterocycles. The first-order chi connectivity index (χ1) is 16.6. The molecule has 3 aromatic carbocycles. The van der Waals surface area contributed by atoms with Crippen molar-refractivity contribution in [3.63, 3.8) is 0 Å². The van der Waals surface area contributed by atoms with E-state index in [1.807, 2.05) is 59.5 Å². The van der Waals surface area contributed by atoms with Gasteiger partial charge in [0.2, 0.25) is 5.91 Å². The molecule has 0 saturated heterocycles. The summed E-state index contributed by atoms with van der Waals surface area (Å²) in [5.74, 6) is 1.97. The molecule has 34 heavy (non-hydrogen) atoms. The van der Waals surface area contributed by atoms with Crippen LogP contribution in [0.15, 0.2) is 65.6 Å². The second-order valence-electron chi connectivity index (χ2n) is 8.33. The SMILES string of the molecule is COc1cc2c(cc1OC)C(c1ccccc1)N(C(=O)c1ccc3c(c1)NC(=O)CCS3)CC2. The normalized spacial score (nSPS) is 17.2. The number of rotatable bonds is 4. The Morgan fingerprint density at radius 2 is 1.76 bits per heavy atom. The van der Waals surface area contributed by atoms with Crippen molar-refractivity contribution in [3.8, 4) is 11.5 Å². The minimum atomic E-state index is -0.264. The third-order valence-electron chi connectivity index (χ3n) is 6.34. The average Bonchev–Trinajstić information content (AvgIpc) is 3.06. The molecule has 2 aliphatic rings. The van der Waals surface area contributed by atoms with Crippen LogP contribution in [0.25, 0.3) is 0 Å². The number of carbonyl (C=O) groups excluding carboxylic acids is 2. The van der Waals surface area contributed by atoms with Crippen molar-refractivity contribution in [1.82, 2.24) is 4.90 Å². The number of anilines is 1. The van der Waals surface area contributed by atoms with Gasteiger partial charge in [0.15, 0.2) is 11.5 Å². The van der Waals surface area contributed by atoms with E-state index in [1.165, 1.54) is 0 Å². The van der Waals surface area contributed by atoms with Gasteiger partial charge in [-0.25, -0.2) is 0 Å². The van der Waals surface area contributed by atoms with E-state index in [0.717, 1.165) is 27.3 Å². The van der Waals surface area contributed by atoms with E-state index in [1.54, 1.807) is 32.0 Å². The number of nitrogens with one attached hydrogen (secondary N) is 1. The number of benzene rings is 3. The van der Waals surface area contributed by atoms with Gasteiger partial charge in [0, 0.05) is 29.2 Å². The molecule has 0 radical (unpaired) electrons. The molecule has 0 spiro atoms. The van der Waals surface area contributed by atoms with Crippen molar-refractivity contribution in [2.45, 2.75) is 23.8 Å².